The van der Waals surface area contributed by atoms with Crippen LogP contribution in [0.25, 0.3) is 22.3 Å². The maximum absolute atomic E-state index is 14.4. The van der Waals surface area contributed by atoms with Crippen LogP contribution < -0.4 is 16.6 Å². The Labute approximate surface area is 624 Å². The first kappa shape index (κ1) is 85.8. The highest BCUT2D eigenvalue weighted by atomic mass is 32.2. The van der Waals surface area contributed by atoms with Crippen LogP contribution in [0.1, 0.15) is 131 Å². The van der Waals surface area contributed by atoms with Crippen molar-refractivity contribution in [2.75, 3.05) is 150 Å². The summed E-state index contributed by atoms with van der Waals surface area (Å²) >= 11 is 1.48. The van der Waals surface area contributed by atoms with Crippen LogP contribution in [0.2, 0.25) is 0 Å². The molecule has 2 aliphatic heterocycles. The first-order valence-corrected chi connectivity index (χ1v) is 39.3. The number of carbonyl (C=O) groups is 6. The molecular weight excluding hydrogens is 1410 g/mol. The zero-order chi connectivity index (χ0) is 75.9. The first-order valence-electron chi connectivity index (χ1n) is 36.2. The van der Waals surface area contributed by atoms with Crippen LogP contribution in [0, 0.1) is 17.8 Å². The summed E-state index contributed by atoms with van der Waals surface area (Å²) in [6.07, 6.45) is 10.8. The van der Waals surface area contributed by atoms with Crippen molar-refractivity contribution in [3.05, 3.63) is 111 Å². The Morgan fingerprint density at radius 3 is 1.88 bits per heavy atom. The number of Topliss-reactive ketones (excluding diaryl/α,β-unsaturated/α-hetero) is 3. The average molecular weight is 1510 g/mol. The lowest BCUT2D eigenvalue weighted by molar-refractivity contribution is -0.175. The molecule has 0 aliphatic carbocycles. The highest BCUT2D eigenvalue weighted by Crippen LogP contribution is 2.42. The van der Waals surface area contributed by atoms with Gasteiger partial charge in [-0.3, -0.25) is 24.0 Å². The SMILES string of the molecule is CC[C@@]1(OC(=O)OCc2ccc(NC(=O)[C@H](CCCCN)CC(=O)COCC(=O)CCCOCCOCCOCCOCCOCCOCCOCCOCCCC(=O)CCCC#Cc3cnc(SC)nc3)cc2)C(=O)OCc2c1cc1n(c2=O)Cc2c-1nc1ccccc1c2CCN(C(C)C)S(C)(=O)=O. The van der Waals surface area contributed by atoms with Crippen molar-refractivity contribution in [3.8, 4) is 23.2 Å². The molecule has 0 unspecified atom stereocenters. The van der Waals surface area contributed by atoms with Gasteiger partial charge in [-0.2, -0.15) is 4.31 Å². The summed E-state index contributed by atoms with van der Waals surface area (Å²) < 4.78 is 95.3. The monoisotopic (exact) mass is 1510 g/mol. The summed E-state index contributed by atoms with van der Waals surface area (Å²) in [4.78, 5) is 107. The number of unbranched alkanes of at least 4 members (excludes halogenated alkanes) is 2. The molecule has 2 aliphatic rings. The summed E-state index contributed by atoms with van der Waals surface area (Å²) in [5.41, 5.74) is 8.30. The third-order valence-corrected chi connectivity index (χ3v) is 19.4. The predicted octanol–water partition coefficient (Wildman–Crippen LogP) is 7.88. The molecule has 2 aromatic carbocycles. The highest BCUT2D eigenvalue weighted by molar-refractivity contribution is 7.98. The number of anilines is 1. The summed E-state index contributed by atoms with van der Waals surface area (Å²) in [7, 11) is -3.54. The molecule has 106 heavy (non-hydrogen) atoms. The Morgan fingerprint density at radius 2 is 1.30 bits per heavy atom. The summed E-state index contributed by atoms with van der Waals surface area (Å²) in [6, 6.07) is 15.3. The minimum absolute atomic E-state index is 0.108. The first-order chi connectivity index (χ1) is 51.3. The molecule has 0 saturated heterocycles. The van der Waals surface area contributed by atoms with Gasteiger partial charge < -0.3 is 72.5 Å². The molecular formula is C76H103N7O21S2. The molecule has 3 N–H and O–H groups in total. The number of rotatable bonds is 54. The van der Waals surface area contributed by atoms with Crippen molar-refractivity contribution in [2.24, 2.45) is 11.7 Å². The van der Waals surface area contributed by atoms with E-state index in [0.29, 0.717) is 203 Å². The zero-order valence-corrected chi connectivity index (χ0v) is 63.3. The largest absolute Gasteiger partial charge is 0.510 e. The van der Waals surface area contributed by atoms with E-state index in [0.717, 1.165) is 28.5 Å². The molecule has 0 bridgehead atoms. The number of ether oxygens (including phenoxy) is 12. The van der Waals surface area contributed by atoms with E-state index in [1.807, 2.05) is 44.4 Å². The number of hydrogen-bond acceptors (Lipinski definition) is 26. The van der Waals surface area contributed by atoms with Crippen molar-refractivity contribution in [1.29, 1.82) is 0 Å². The minimum Gasteiger partial charge on any atom is -0.457 e. The van der Waals surface area contributed by atoms with Gasteiger partial charge in [-0.25, -0.2) is 33.0 Å². The Kier molecular flexibility index (Phi) is 37.8. The van der Waals surface area contributed by atoms with Gasteiger partial charge in [-0.05, 0) is 107 Å². The minimum atomic E-state index is -3.54. The number of ketones is 3. The van der Waals surface area contributed by atoms with Crippen LogP contribution in [-0.2, 0) is 123 Å². The number of fused-ring (bicyclic) bond motifs is 5. The van der Waals surface area contributed by atoms with E-state index in [1.165, 1.54) is 22.3 Å². The molecule has 2 atom stereocenters. The number of nitrogens with two attached hydrogens (primary N) is 1. The molecule has 28 nitrogen and oxygen atoms in total. The number of nitrogens with one attached hydrogen (secondary N) is 1. The molecule has 5 heterocycles. The third kappa shape index (κ3) is 28.3. The second kappa shape index (κ2) is 46.7. The normalized spacial score (nSPS) is 14.1. The van der Waals surface area contributed by atoms with Gasteiger partial charge >= 0.3 is 12.1 Å². The lowest BCUT2D eigenvalue weighted by atomic mass is 9.85. The van der Waals surface area contributed by atoms with Crippen LogP contribution in [-0.4, -0.2) is 218 Å². The van der Waals surface area contributed by atoms with Gasteiger partial charge in [0.25, 0.3) is 5.56 Å². The number of hydrogen-bond donors (Lipinski definition) is 2. The lowest BCUT2D eigenvalue weighted by Crippen LogP contribution is -2.47. The molecule has 580 valence electrons. The van der Waals surface area contributed by atoms with Crippen molar-refractivity contribution >= 4 is 73.8 Å². The number of amides is 1. The summed E-state index contributed by atoms with van der Waals surface area (Å²) in [6.45, 7) is 11.4. The maximum atomic E-state index is 14.4. The van der Waals surface area contributed by atoms with Gasteiger partial charge in [0.05, 0.1) is 133 Å². The second-order valence-electron chi connectivity index (χ2n) is 25.6. The molecule has 0 spiro atoms. The van der Waals surface area contributed by atoms with E-state index in [-0.39, 0.29) is 93.3 Å². The van der Waals surface area contributed by atoms with Gasteiger partial charge in [-0.15, -0.1) is 0 Å². The number of thioether (sulfide) groups is 1. The van der Waals surface area contributed by atoms with Crippen molar-refractivity contribution in [1.82, 2.24) is 23.8 Å². The Morgan fingerprint density at radius 1 is 0.726 bits per heavy atom. The quantitative estimate of drug-likeness (QED) is 0.0120. The Bertz CT molecular complexity index is 3870. The van der Waals surface area contributed by atoms with E-state index >= 15 is 0 Å². The van der Waals surface area contributed by atoms with Gasteiger partial charge in [0.2, 0.25) is 21.5 Å². The van der Waals surface area contributed by atoms with E-state index in [9.17, 15) is 42.0 Å². The lowest BCUT2D eigenvalue weighted by Gasteiger charge is -2.35. The third-order valence-electron chi connectivity index (χ3n) is 17.4. The molecule has 3 aromatic heterocycles. The van der Waals surface area contributed by atoms with Crippen LogP contribution in [0.5, 0.6) is 0 Å². The number of pyridine rings is 2. The summed E-state index contributed by atoms with van der Waals surface area (Å²) in [5, 5.41) is 4.39. The second-order valence-corrected chi connectivity index (χ2v) is 28.3. The van der Waals surface area contributed by atoms with Crippen molar-refractivity contribution < 1.29 is 94.0 Å². The van der Waals surface area contributed by atoms with Gasteiger partial charge in [0.1, 0.15) is 32.2 Å². The molecule has 1 amide bonds. The zero-order valence-electron chi connectivity index (χ0n) is 61.7. The molecule has 0 saturated carbocycles. The number of nitrogens with zero attached hydrogens (tertiary/aromatic N) is 5. The topological polar surface area (TPSA) is 349 Å². The Hall–Kier alpha value is -7.48. The van der Waals surface area contributed by atoms with Crippen molar-refractivity contribution in [2.45, 2.75) is 141 Å². The molecule has 30 heteroatoms. The molecule has 0 radical (unpaired) electrons. The van der Waals surface area contributed by atoms with E-state index < -0.39 is 45.1 Å². The smallest absolute Gasteiger partial charge is 0.457 e. The van der Waals surface area contributed by atoms with Crippen LogP contribution in [0.3, 0.4) is 0 Å². The number of esters is 1. The standard InChI is InChI=1S/C76H103N7O21S2/c1-6-76(67-47-69-70-65(50-82(69)72(88)66(67)54-102-73(76)89)63(64-21-10-11-22-68(64)81-70)27-29-83(55(2)3)106(5,91)92)104-75(90)103-51-56-23-25-59(26-24-56)80-71(87)58(17-12-13-28-77)46-62(86)53-101-52-61(85)20-15-31-94-33-35-96-37-39-98-41-43-100-45-44-99-42-40-97-38-36-95-34-32-93-30-14-19-60(84)18-9-7-8-16-57-48-78-74(105-4)79-49-57/h10-11,21-26,47-49,55,58H,6-7,9,12-15,17-20,27-46,50-54,77H2,1-5H3,(H,80,87)/t58-,76+/m1/s1. The average Bonchev–Trinajstić information content (AvgIpc) is 1.49. The highest BCUT2D eigenvalue weighted by Gasteiger charge is 2.51. The Balaban J connectivity index is 0.682. The number of aromatic nitrogens is 4. The molecule has 0 fully saturated rings. The fourth-order valence-corrected chi connectivity index (χ4v) is 13.4. The van der Waals surface area contributed by atoms with Crippen LogP contribution >= 0.6 is 11.8 Å². The van der Waals surface area contributed by atoms with E-state index in [4.69, 9.17) is 67.6 Å². The predicted molar refractivity (Wildman–Crippen MR) is 395 cm³/mol. The number of carbonyl (C=O) groups excluding carboxylic acids is 6. The summed E-state index contributed by atoms with van der Waals surface area (Å²) in [5.74, 6) is 3.80. The van der Waals surface area contributed by atoms with Crippen LogP contribution in [0.4, 0.5) is 10.5 Å². The van der Waals surface area contributed by atoms with Gasteiger partial charge in [-0.1, -0.05) is 67.3 Å². The van der Waals surface area contributed by atoms with Crippen LogP contribution in [0.15, 0.2) is 76.9 Å². The van der Waals surface area contributed by atoms with Crippen molar-refractivity contribution in [3.63, 3.8) is 0 Å². The number of cyclic esters (lactones) is 1. The number of benzene rings is 2. The molecule has 5 aromatic rings. The van der Waals surface area contributed by atoms with E-state index in [1.54, 1.807) is 54.2 Å². The number of sulfonamides is 1. The number of para-hydroxylation sites is 1. The maximum Gasteiger partial charge on any atom is 0.510 e. The van der Waals surface area contributed by atoms with Gasteiger partial charge in [0, 0.05) is 98.4 Å². The fourth-order valence-electron chi connectivity index (χ4n) is 11.9. The van der Waals surface area contributed by atoms with E-state index in [2.05, 4.69) is 27.1 Å². The fraction of sp³-hybridized carbons (Fsp3) is 0.579. The van der Waals surface area contributed by atoms with Gasteiger partial charge in [0.15, 0.2) is 16.7 Å². The molecule has 7 rings (SSSR count).